The molecular weight excluding hydrogens is 268 g/mol. The van der Waals surface area contributed by atoms with E-state index in [1.165, 1.54) is 7.11 Å². The Hall–Kier alpha value is -1.55. The number of carbonyl (C=O) groups excluding carboxylic acids is 1. The first-order valence-electron chi connectivity index (χ1n) is 6.22. The van der Waals surface area contributed by atoms with Gasteiger partial charge in [-0.1, -0.05) is 18.0 Å². The molecule has 0 spiro atoms. The number of ether oxygens (including phenoxy) is 1. The minimum absolute atomic E-state index is 0.124. The fourth-order valence-corrected chi connectivity index (χ4v) is 2.88. The molecule has 0 amide bonds. The number of benzene rings is 1. The number of ketones is 1. The normalized spacial score (nSPS) is 14.4. The van der Waals surface area contributed by atoms with E-state index in [1.807, 2.05) is 0 Å². The van der Waals surface area contributed by atoms with Crippen LogP contribution in [0.2, 0.25) is 5.02 Å². The highest BCUT2D eigenvalue weighted by Gasteiger charge is 2.28. The smallest absolute Gasteiger partial charge is 0.377 e. The first-order chi connectivity index (χ1) is 9.06. The van der Waals surface area contributed by atoms with Crippen LogP contribution in [-0.2, 0) is 17.6 Å². The van der Waals surface area contributed by atoms with Crippen LogP contribution in [0.5, 0.6) is 5.75 Å². The van der Waals surface area contributed by atoms with Gasteiger partial charge in [-0.25, -0.2) is 4.79 Å². The lowest BCUT2D eigenvalue weighted by atomic mass is 9.93. The number of halogens is 1. The van der Waals surface area contributed by atoms with Gasteiger partial charge in [0.15, 0.2) is 0 Å². The van der Waals surface area contributed by atoms with Crippen LogP contribution < -0.4 is 4.74 Å². The third kappa shape index (κ3) is 2.59. The van der Waals surface area contributed by atoms with Gasteiger partial charge in [-0.05, 0) is 42.9 Å². The predicted octanol–water partition coefficient (Wildman–Crippen LogP) is 2.88. The predicted molar refractivity (Wildman–Crippen MR) is 71.2 cm³/mol. The van der Waals surface area contributed by atoms with Crippen molar-refractivity contribution in [3.63, 3.8) is 0 Å². The molecule has 0 radical (unpaired) electrons. The first-order valence-corrected chi connectivity index (χ1v) is 6.60. The summed E-state index contributed by atoms with van der Waals surface area (Å²) in [5, 5.41) is 9.27. The lowest BCUT2D eigenvalue weighted by molar-refractivity contribution is -0.131. The number of fused-ring (bicyclic) bond motifs is 1. The Bertz CT molecular complexity index is 537. The number of hydrogen-bond acceptors (Lipinski definition) is 3. The van der Waals surface area contributed by atoms with E-state index in [0.29, 0.717) is 11.4 Å². The maximum atomic E-state index is 11.9. The van der Waals surface area contributed by atoms with Crippen LogP contribution in [0.4, 0.5) is 0 Å². The second kappa shape index (κ2) is 5.61. The molecule has 1 N–H and O–H groups in total. The summed E-state index contributed by atoms with van der Waals surface area (Å²) < 4.78 is 5.14. The average molecular weight is 283 g/mol. The summed E-state index contributed by atoms with van der Waals surface area (Å²) in [5.74, 6) is -2.25. The maximum absolute atomic E-state index is 11.9. The SMILES string of the molecule is COc1c(Cl)cc2c(c1C(=O)C(=O)O)CCCCC2. The minimum atomic E-state index is -1.48. The van der Waals surface area contributed by atoms with Crippen molar-refractivity contribution in [3.8, 4) is 5.75 Å². The van der Waals surface area contributed by atoms with Gasteiger partial charge in [-0.3, -0.25) is 4.79 Å². The standard InChI is InChI=1S/C14H15ClO4/c1-19-13-10(15)7-8-5-3-2-4-6-9(8)11(13)12(16)14(17)18/h7H,2-6H2,1H3,(H,17,18). The Kier molecular flexibility index (Phi) is 4.10. The van der Waals surface area contributed by atoms with E-state index in [4.69, 9.17) is 21.4 Å². The summed E-state index contributed by atoms with van der Waals surface area (Å²) in [6, 6.07) is 1.79. The molecule has 1 aliphatic carbocycles. The number of aliphatic carboxylic acids is 1. The van der Waals surface area contributed by atoms with E-state index in [0.717, 1.165) is 36.8 Å². The van der Waals surface area contributed by atoms with E-state index in [-0.39, 0.29) is 11.3 Å². The van der Waals surface area contributed by atoms with Crippen LogP contribution in [-0.4, -0.2) is 24.0 Å². The largest absolute Gasteiger partial charge is 0.494 e. The molecule has 0 saturated heterocycles. The molecule has 0 bridgehead atoms. The minimum Gasteiger partial charge on any atom is -0.494 e. The van der Waals surface area contributed by atoms with Crippen LogP contribution in [0.3, 0.4) is 0 Å². The van der Waals surface area contributed by atoms with Gasteiger partial charge in [0.1, 0.15) is 5.75 Å². The highest BCUT2D eigenvalue weighted by molar-refractivity contribution is 6.42. The van der Waals surface area contributed by atoms with E-state index in [9.17, 15) is 9.59 Å². The molecule has 0 aromatic heterocycles. The molecule has 102 valence electrons. The molecule has 1 aliphatic rings. The van der Waals surface area contributed by atoms with Gasteiger partial charge in [0.05, 0.1) is 17.7 Å². The molecule has 4 nitrogen and oxygen atoms in total. The van der Waals surface area contributed by atoms with Gasteiger partial charge in [0, 0.05) is 0 Å². The average Bonchev–Trinajstić information content (AvgIpc) is 2.61. The number of rotatable bonds is 3. The monoisotopic (exact) mass is 282 g/mol. The first kappa shape index (κ1) is 13.9. The van der Waals surface area contributed by atoms with Crippen molar-refractivity contribution in [1.29, 1.82) is 0 Å². The van der Waals surface area contributed by atoms with Crippen molar-refractivity contribution in [2.45, 2.75) is 32.1 Å². The summed E-state index contributed by atoms with van der Waals surface area (Å²) in [5.41, 5.74) is 1.87. The van der Waals surface area contributed by atoms with Crippen molar-refractivity contribution >= 4 is 23.4 Å². The number of carboxylic acid groups (broad SMARTS) is 1. The summed E-state index contributed by atoms with van der Waals surface area (Å²) in [6.07, 6.45) is 4.54. The van der Waals surface area contributed by atoms with Gasteiger partial charge in [-0.15, -0.1) is 0 Å². The van der Waals surface area contributed by atoms with E-state index < -0.39 is 11.8 Å². The fraction of sp³-hybridized carbons (Fsp3) is 0.429. The third-order valence-corrected chi connectivity index (χ3v) is 3.71. The summed E-state index contributed by atoms with van der Waals surface area (Å²) >= 11 is 6.10. The molecule has 1 aromatic carbocycles. The third-order valence-electron chi connectivity index (χ3n) is 3.43. The molecule has 0 unspecified atom stereocenters. The maximum Gasteiger partial charge on any atom is 0.377 e. The zero-order chi connectivity index (χ0) is 14.0. The quantitative estimate of drug-likeness (QED) is 0.526. The molecule has 0 fully saturated rings. The Morgan fingerprint density at radius 3 is 2.58 bits per heavy atom. The molecule has 5 heteroatoms. The van der Waals surface area contributed by atoms with Gasteiger partial charge in [0.25, 0.3) is 5.78 Å². The van der Waals surface area contributed by atoms with Crippen molar-refractivity contribution in [1.82, 2.24) is 0 Å². The summed E-state index contributed by atoms with van der Waals surface area (Å²) in [6.45, 7) is 0. The Labute approximate surface area is 116 Å². The number of carbonyl (C=O) groups is 2. The zero-order valence-electron chi connectivity index (χ0n) is 10.7. The van der Waals surface area contributed by atoms with Crippen LogP contribution in [0.15, 0.2) is 6.07 Å². The number of aryl methyl sites for hydroxylation is 1. The van der Waals surface area contributed by atoms with Crippen molar-refractivity contribution < 1.29 is 19.4 Å². The molecule has 19 heavy (non-hydrogen) atoms. The Morgan fingerprint density at radius 2 is 1.95 bits per heavy atom. The van der Waals surface area contributed by atoms with E-state index in [2.05, 4.69) is 0 Å². The zero-order valence-corrected chi connectivity index (χ0v) is 11.4. The fourth-order valence-electron chi connectivity index (χ4n) is 2.57. The highest BCUT2D eigenvalue weighted by Crippen LogP contribution is 2.37. The van der Waals surface area contributed by atoms with Gasteiger partial charge >= 0.3 is 5.97 Å². The number of methoxy groups -OCH3 is 1. The van der Waals surface area contributed by atoms with Gasteiger partial charge in [0.2, 0.25) is 0 Å². The van der Waals surface area contributed by atoms with Crippen molar-refractivity contribution in [2.75, 3.05) is 7.11 Å². The molecule has 1 aromatic rings. The number of Topliss-reactive ketones (excluding diaryl/α,β-unsaturated/α-hetero) is 1. The molecule has 2 rings (SSSR count). The summed E-state index contributed by atoms with van der Waals surface area (Å²) in [4.78, 5) is 22.9. The molecular formula is C14H15ClO4. The molecule has 0 saturated carbocycles. The van der Waals surface area contributed by atoms with Crippen LogP contribution in [0.25, 0.3) is 0 Å². The topological polar surface area (TPSA) is 63.6 Å². The van der Waals surface area contributed by atoms with Crippen molar-refractivity contribution in [2.24, 2.45) is 0 Å². The molecule has 0 aliphatic heterocycles. The second-order valence-electron chi connectivity index (χ2n) is 4.60. The summed E-state index contributed by atoms with van der Waals surface area (Å²) in [7, 11) is 1.39. The van der Waals surface area contributed by atoms with E-state index >= 15 is 0 Å². The lowest BCUT2D eigenvalue weighted by Gasteiger charge is -2.16. The lowest BCUT2D eigenvalue weighted by Crippen LogP contribution is -2.17. The van der Waals surface area contributed by atoms with Crippen LogP contribution in [0.1, 0.15) is 40.7 Å². The van der Waals surface area contributed by atoms with Crippen molar-refractivity contribution in [3.05, 3.63) is 27.8 Å². The van der Waals surface area contributed by atoms with E-state index in [1.54, 1.807) is 6.07 Å². The second-order valence-corrected chi connectivity index (χ2v) is 5.01. The van der Waals surface area contributed by atoms with Crippen LogP contribution >= 0.6 is 11.6 Å². The number of hydrogen-bond donors (Lipinski definition) is 1. The number of carboxylic acids is 1. The Morgan fingerprint density at radius 1 is 1.26 bits per heavy atom. The highest BCUT2D eigenvalue weighted by atomic mass is 35.5. The molecule has 0 heterocycles. The Balaban J connectivity index is 2.68. The van der Waals surface area contributed by atoms with Gasteiger partial charge in [-0.2, -0.15) is 0 Å². The molecule has 0 atom stereocenters. The van der Waals surface area contributed by atoms with Gasteiger partial charge < -0.3 is 9.84 Å². The van der Waals surface area contributed by atoms with Crippen LogP contribution in [0, 0.1) is 0 Å².